The number of hydrogen-bond donors (Lipinski definition) is 1. The lowest BCUT2D eigenvalue weighted by atomic mass is 10.2. The molecule has 0 saturated carbocycles. The Hall–Kier alpha value is -2.34. The minimum Gasteiger partial charge on any atom is -0.494 e. The van der Waals surface area contributed by atoms with Crippen LogP contribution in [0.2, 0.25) is 0 Å². The Morgan fingerprint density at radius 2 is 2.00 bits per heavy atom. The molecule has 0 aliphatic heterocycles. The van der Waals surface area contributed by atoms with Gasteiger partial charge in [-0.25, -0.2) is 9.37 Å². The monoisotopic (exact) mass is 315 g/mol. The molecule has 1 heterocycles. The summed E-state index contributed by atoms with van der Waals surface area (Å²) in [5.74, 6) is 1.20. The number of nitrogens with zero attached hydrogens (tertiary/aromatic N) is 2. The predicted molar refractivity (Wildman–Crippen MR) is 84.3 cm³/mol. The summed E-state index contributed by atoms with van der Waals surface area (Å²) in [7, 11) is 1.45. The maximum Gasteiger partial charge on any atom is 0.209 e. The molecule has 0 saturated heterocycles. The largest absolute Gasteiger partial charge is 0.494 e. The molecule has 0 fully saturated rings. The van der Waals surface area contributed by atoms with Crippen LogP contribution in [-0.2, 0) is 5.75 Å². The van der Waals surface area contributed by atoms with E-state index >= 15 is 0 Å². The van der Waals surface area contributed by atoms with E-state index in [2.05, 4.69) is 15.2 Å². The van der Waals surface area contributed by atoms with Gasteiger partial charge in [0.25, 0.3) is 0 Å². The number of aromatic nitrogens is 3. The van der Waals surface area contributed by atoms with Crippen molar-refractivity contribution in [3.63, 3.8) is 0 Å². The fraction of sp³-hybridized carbons (Fsp3) is 0.125. The Labute approximate surface area is 131 Å². The van der Waals surface area contributed by atoms with Gasteiger partial charge in [0.15, 0.2) is 17.4 Å². The van der Waals surface area contributed by atoms with E-state index in [4.69, 9.17) is 4.74 Å². The van der Waals surface area contributed by atoms with Crippen LogP contribution in [0.15, 0.2) is 53.7 Å². The number of nitrogens with one attached hydrogen (secondary N) is 1. The minimum absolute atomic E-state index is 0.248. The molecular weight excluding hydrogens is 301 g/mol. The molecule has 1 aromatic heterocycles. The van der Waals surface area contributed by atoms with Gasteiger partial charge in [-0.05, 0) is 17.7 Å². The van der Waals surface area contributed by atoms with Crippen LogP contribution in [0.5, 0.6) is 5.75 Å². The lowest BCUT2D eigenvalue weighted by Crippen LogP contribution is -1.90. The van der Waals surface area contributed by atoms with Crippen LogP contribution in [0.3, 0.4) is 0 Å². The smallest absolute Gasteiger partial charge is 0.209 e. The highest BCUT2D eigenvalue weighted by atomic mass is 32.2. The first-order valence-electron chi connectivity index (χ1n) is 6.69. The zero-order valence-electron chi connectivity index (χ0n) is 11.9. The lowest BCUT2D eigenvalue weighted by Gasteiger charge is -2.03. The number of thioether (sulfide) groups is 1. The third-order valence-corrected chi connectivity index (χ3v) is 4.01. The molecule has 112 valence electrons. The Morgan fingerprint density at radius 3 is 2.73 bits per heavy atom. The van der Waals surface area contributed by atoms with Gasteiger partial charge in [0.2, 0.25) is 5.16 Å². The first kappa shape index (κ1) is 14.6. The molecule has 6 heteroatoms. The number of ether oxygens (including phenoxy) is 1. The van der Waals surface area contributed by atoms with Gasteiger partial charge in [0.1, 0.15) is 0 Å². The molecule has 22 heavy (non-hydrogen) atoms. The van der Waals surface area contributed by atoms with Gasteiger partial charge < -0.3 is 4.74 Å². The van der Waals surface area contributed by atoms with E-state index in [0.29, 0.717) is 10.9 Å². The van der Waals surface area contributed by atoms with E-state index in [1.807, 2.05) is 36.4 Å². The zero-order chi connectivity index (χ0) is 15.4. The highest BCUT2D eigenvalue weighted by molar-refractivity contribution is 7.98. The van der Waals surface area contributed by atoms with E-state index in [-0.39, 0.29) is 11.6 Å². The highest BCUT2D eigenvalue weighted by Gasteiger charge is 2.08. The topological polar surface area (TPSA) is 50.8 Å². The second-order valence-corrected chi connectivity index (χ2v) is 5.53. The second-order valence-electron chi connectivity index (χ2n) is 4.59. The van der Waals surface area contributed by atoms with Gasteiger partial charge >= 0.3 is 0 Å². The van der Waals surface area contributed by atoms with Crippen LogP contribution in [0.4, 0.5) is 4.39 Å². The van der Waals surface area contributed by atoms with E-state index in [9.17, 15) is 4.39 Å². The van der Waals surface area contributed by atoms with Gasteiger partial charge in [-0.1, -0.05) is 48.2 Å². The molecular formula is C16H14FN3OS. The Balaban J connectivity index is 1.67. The SMILES string of the molecule is COc1ccc(CSc2n[nH]c(-c3ccccc3)n2)cc1F. The highest BCUT2D eigenvalue weighted by Crippen LogP contribution is 2.24. The maximum atomic E-state index is 13.6. The van der Waals surface area contributed by atoms with Crippen molar-refractivity contribution in [2.75, 3.05) is 7.11 Å². The molecule has 0 radical (unpaired) electrons. The number of rotatable bonds is 5. The van der Waals surface area contributed by atoms with Crippen LogP contribution in [0.1, 0.15) is 5.56 Å². The van der Waals surface area contributed by atoms with Crippen LogP contribution >= 0.6 is 11.8 Å². The average Bonchev–Trinajstić information content (AvgIpc) is 3.03. The number of halogens is 1. The maximum absolute atomic E-state index is 13.6. The van der Waals surface area contributed by atoms with E-state index in [0.717, 1.165) is 17.0 Å². The molecule has 1 N–H and O–H groups in total. The van der Waals surface area contributed by atoms with E-state index < -0.39 is 0 Å². The molecule has 0 bridgehead atoms. The van der Waals surface area contributed by atoms with Crippen molar-refractivity contribution in [3.05, 3.63) is 59.9 Å². The van der Waals surface area contributed by atoms with Gasteiger partial charge in [0.05, 0.1) is 7.11 Å². The van der Waals surface area contributed by atoms with Gasteiger partial charge in [0, 0.05) is 11.3 Å². The first-order chi connectivity index (χ1) is 10.8. The van der Waals surface area contributed by atoms with E-state index in [1.54, 1.807) is 6.07 Å². The lowest BCUT2D eigenvalue weighted by molar-refractivity contribution is 0.386. The molecule has 3 rings (SSSR count). The summed E-state index contributed by atoms with van der Waals surface area (Å²) in [6, 6.07) is 14.7. The van der Waals surface area contributed by atoms with Crippen molar-refractivity contribution < 1.29 is 9.13 Å². The van der Waals surface area contributed by atoms with Crippen LogP contribution in [-0.4, -0.2) is 22.3 Å². The van der Waals surface area contributed by atoms with Crippen molar-refractivity contribution in [1.82, 2.24) is 15.2 Å². The first-order valence-corrected chi connectivity index (χ1v) is 7.68. The zero-order valence-corrected chi connectivity index (χ0v) is 12.7. The van der Waals surface area contributed by atoms with Crippen molar-refractivity contribution in [2.45, 2.75) is 10.9 Å². The molecule has 0 unspecified atom stereocenters. The number of H-pyrrole nitrogens is 1. The Bertz CT molecular complexity index is 761. The van der Waals surface area contributed by atoms with Crippen molar-refractivity contribution >= 4 is 11.8 Å². The fourth-order valence-corrected chi connectivity index (χ4v) is 2.72. The summed E-state index contributed by atoms with van der Waals surface area (Å²) >= 11 is 1.45. The number of hydrogen-bond acceptors (Lipinski definition) is 4. The molecule has 0 aliphatic carbocycles. The molecule has 0 amide bonds. The quantitative estimate of drug-likeness (QED) is 0.725. The Kier molecular flexibility index (Phi) is 4.39. The second kappa shape index (κ2) is 6.62. The summed E-state index contributed by atoms with van der Waals surface area (Å²) in [5.41, 5.74) is 1.84. The van der Waals surface area contributed by atoms with Gasteiger partial charge in [-0.15, -0.1) is 5.10 Å². The van der Waals surface area contributed by atoms with E-state index in [1.165, 1.54) is 24.9 Å². The van der Waals surface area contributed by atoms with Crippen LogP contribution in [0, 0.1) is 5.82 Å². The van der Waals surface area contributed by atoms with Crippen molar-refractivity contribution in [1.29, 1.82) is 0 Å². The fourth-order valence-electron chi connectivity index (χ4n) is 1.98. The number of aromatic amines is 1. The predicted octanol–water partition coefficient (Wildman–Crippen LogP) is 3.91. The summed E-state index contributed by atoms with van der Waals surface area (Å²) < 4.78 is 18.5. The van der Waals surface area contributed by atoms with Crippen LogP contribution in [0.25, 0.3) is 11.4 Å². The molecule has 0 atom stereocenters. The Morgan fingerprint density at radius 1 is 1.18 bits per heavy atom. The molecule has 4 nitrogen and oxygen atoms in total. The minimum atomic E-state index is -0.361. The van der Waals surface area contributed by atoms with Crippen molar-refractivity contribution in [3.8, 4) is 17.1 Å². The summed E-state index contributed by atoms with van der Waals surface area (Å²) in [6.07, 6.45) is 0. The van der Waals surface area contributed by atoms with Gasteiger partial charge in [-0.2, -0.15) is 0 Å². The summed E-state index contributed by atoms with van der Waals surface area (Å²) in [5, 5.41) is 7.72. The number of methoxy groups -OCH3 is 1. The van der Waals surface area contributed by atoms with Crippen LogP contribution < -0.4 is 4.74 Å². The molecule has 2 aromatic carbocycles. The standard InChI is InChI=1S/C16H14FN3OS/c1-21-14-8-7-11(9-13(14)17)10-22-16-18-15(19-20-16)12-5-3-2-4-6-12/h2-9H,10H2,1H3,(H,18,19,20). The van der Waals surface area contributed by atoms with Gasteiger partial charge in [-0.3, -0.25) is 5.10 Å². The van der Waals surface area contributed by atoms with Crippen molar-refractivity contribution in [2.24, 2.45) is 0 Å². The number of benzene rings is 2. The molecule has 0 spiro atoms. The normalized spacial score (nSPS) is 10.6. The average molecular weight is 315 g/mol. The molecule has 3 aromatic rings. The third-order valence-electron chi connectivity index (χ3n) is 3.10. The third kappa shape index (κ3) is 3.28. The molecule has 0 aliphatic rings. The summed E-state index contributed by atoms with van der Waals surface area (Å²) in [6.45, 7) is 0. The summed E-state index contributed by atoms with van der Waals surface area (Å²) in [4.78, 5) is 4.43.